The molecule has 5 heteroatoms. The fourth-order valence-corrected chi connectivity index (χ4v) is 2.87. The molecule has 1 atom stereocenters. The molecule has 25 heavy (non-hydrogen) atoms. The lowest BCUT2D eigenvalue weighted by molar-refractivity contribution is 0.0933. The van der Waals surface area contributed by atoms with Crippen molar-refractivity contribution in [3.63, 3.8) is 0 Å². The minimum Gasteiger partial charge on any atom is -0.366 e. The van der Waals surface area contributed by atoms with E-state index in [4.69, 9.17) is 5.73 Å². The van der Waals surface area contributed by atoms with E-state index >= 15 is 0 Å². The van der Waals surface area contributed by atoms with Crippen molar-refractivity contribution >= 4 is 11.8 Å². The average Bonchev–Trinajstić information content (AvgIpc) is 2.65. The molecule has 0 fully saturated rings. The second kappa shape index (κ2) is 8.99. The summed E-state index contributed by atoms with van der Waals surface area (Å²) >= 11 is 0. The van der Waals surface area contributed by atoms with Crippen LogP contribution in [-0.4, -0.2) is 36.3 Å². The molecule has 132 valence electrons. The Labute approximate surface area is 148 Å². The normalized spacial score (nSPS) is 12.0. The van der Waals surface area contributed by atoms with Crippen LogP contribution in [-0.2, 0) is 0 Å². The Hall–Kier alpha value is -2.66. The number of carbonyl (C=O) groups excluding carboxylic acids is 2. The third-order valence-electron chi connectivity index (χ3n) is 4.33. The molecule has 0 heterocycles. The van der Waals surface area contributed by atoms with Gasteiger partial charge in [-0.2, -0.15) is 0 Å². The molecule has 5 nitrogen and oxygen atoms in total. The Morgan fingerprint density at radius 2 is 1.52 bits per heavy atom. The van der Waals surface area contributed by atoms with Crippen molar-refractivity contribution in [2.24, 2.45) is 5.73 Å². The number of hydrogen-bond acceptors (Lipinski definition) is 3. The zero-order chi connectivity index (χ0) is 18.2. The number of nitrogens with two attached hydrogens (primary N) is 1. The molecule has 0 aliphatic heterocycles. The highest BCUT2D eigenvalue weighted by Gasteiger charge is 2.19. The first-order valence-electron chi connectivity index (χ1n) is 8.53. The molecule has 2 aromatic carbocycles. The minimum absolute atomic E-state index is 0.116. The van der Waals surface area contributed by atoms with Gasteiger partial charge in [0.1, 0.15) is 0 Å². The van der Waals surface area contributed by atoms with Gasteiger partial charge in [0, 0.05) is 17.7 Å². The van der Waals surface area contributed by atoms with Gasteiger partial charge in [-0.15, -0.1) is 0 Å². The van der Waals surface area contributed by atoms with Crippen molar-refractivity contribution < 1.29 is 9.59 Å². The molecule has 0 bridgehead atoms. The first kappa shape index (κ1) is 18.7. The summed E-state index contributed by atoms with van der Waals surface area (Å²) in [5.74, 6) is -0.665. The lowest BCUT2D eigenvalue weighted by Crippen LogP contribution is -2.38. The van der Waals surface area contributed by atoms with Crippen LogP contribution in [0.5, 0.6) is 0 Å². The van der Waals surface area contributed by atoms with Gasteiger partial charge in [0.2, 0.25) is 5.91 Å². The highest BCUT2D eigenvalue weighted by molar-refractivity contribution is 5.97. The largest absolute Gasteiger partial charge is 0.366 e. The molecule has 3 N–H and O–H groups in total. The number of nitrogens with zero attached hydrogens (tertiary/aromatic N) is 1. The maximum Gasteiger partial charge on any atom is 0.251 e. The summed E-state index contributed by atoms with van der Waals surface area (Å²) in [4.78, 5) is 25.8. The van der Waals surface area contributed by atoms with Gasteiger partial charge in [-0.3, -0.25) is 14.5 Å². The summed E-state index contributed by atoms with van der Waals surface area (Å²) in [5.41, 5.74) is 7.30. The van der Waals surface area contributed by atoms with Gasteiger partial charge in [0.15, 0.2) is 0 Å². The van der Waals surface area contributed by atoms with Crippen LogP contribution >= 0.6 is 0 Å². The fourth-order valence-electron chi connectivity index (χ4n) is 2.87. The molecule has 0 aliphatic carbocycles. The molecule has 0 aromatic heterocycles. The monoisotopic (exact) mass is 339 g/mol. The summed E-state index contributed by atoms with van der Waals surface area (Å²) < 4.78 is 0. The third kappa shape index (κ3) is 4.90. The van der Waals surface area contributed by atoms with Crippen LogP contribution in [0.15, 0.2) is 54.6 Å². The van der Waals surface area contributed by atoms with Crippen LogP contribution in [0.2, 0.25) is 0 Å². The third-order valence-corrected chi connectivity index (χ3v) is 4.33. The fraction of sp³-hybridized carbons (Fsp3) is 0.300. The summed E-state index contributed by atoms with van der Waals surface area (Å²) in [6.45, 7) is 6.55. The first-order chi connectivity index (χ1) is 12.1. The summed E-state index contributed by atoms with van der Waals surface area (Å²) in [7, 11) is 0. The van der Waals surface area contributed by atoms with E-state index in [1.165, 1.54) is 5.56 Å². The van der Waals surface area contributed by atoms with Crippen molar-refractivity contribution in [2.45, 2.75) is 19.9 Å². The van der Waals surface area contributed by atoms with Gasteiger partial charge in [-0.1, -0.05) is 44.2 Å². The number of nitrogens with one attached hydrogen (secondary N) is 1. The first-order valence-corrected chi connectivity index (χ1v) is 8.53. The molecule has 1 unspecified atom stereocenters. The van der Waals surface area contributed by atoms with Crippen LogP contribution in [0.1, 0.15) is 46.2 Å². The van der Waals surface area contributed by atoms with Crippen LogP contribution in [0.3, 0.4) is 0 Å². The Morgan fingerprint density at radius 3 is 2.04 bits per heavy atom. The Bertz CT molecular complexity index is 695. The van der Waals surface area contributed by atoms with Crippen LogP contribution in [0.25, 0.3) is 0 Å². The number of primary amides is 1. The van der Waals surface area contributed by atoms with Crippen molar-refractivity contribution in [3.8, 4) is 0 Å². The van der Waals surface area contributed by atoms with Gasteiger partial charge in [0.25, 0.3) is 5.91 Å². The van der Waals surface area contributed by atoms with Crippen molar-refractivity contribution in [3.05, 3.63) is 71.3 Å². The smallest absolute Gasteiger partial charge is 0.251 e. The van der Waals surface area contributed by atoms with Gasteiger partial charge in [-0.25, -0.2) is 0 Å². The lowest BCUT2D eigenvalue weighted by atomic mass is 10.0. The van der Waals surface area contributed by atoms with E-state index in [0.29, 0.717) is 17.7 Å². The number of amides is 2. The molecule has 0 radical (unpaired) electrons. The predicted octanol–water partition coefficient (Wildman–Crippen LogP) is 2.60. The average molecular weight is 339 g/mol. The maximum atomic E-state index is 12.4. The van der Waals surface area contributed by atoms with E-state index < -0.39 is 5.91 Å². The molecule has 2 rings (SSSR count). The van der Waals surface area contributed by atoms with E-state index in [1.807, 2.05) is 18.2 Å². The lowest BCUT2D eigenvalue weighted by Gasteiger charge is -2.30. The number of likely N-dealkylation sites (N-methyl/N-ethyl adjacent to an activating group) is 1. The summed E-state index contributed by atoms with van der Waals surface area (Å²) in [6.07, 6.45) is 0. The Balaban J connectivity index is 2.09. The van der Waals surface area contributed by atoms with Crippen molar-refractivity contribution in [1.29, 1.82) is 0 Å². The molecule has 2 amide bonds. The summed E-state index contributed by atoms with van der Waals surface area (Å²) in [6, 6.07) is 16.6. The number of rotatable bonds is 8. The predicted molar refractivity (Wildman–Crippen MR) is 99.4 cm³/mol. The van der Waals surface area contributed by atoms with E-state index in [2.05, 4.69) is 36.2 Å². The number of benzene rings is 2. The molecule has 2 aromatic rings. The van der Waals surface area contributed by atoms with Crippen LogP contribution < -0.4 is 11.1 Å². The molecule has 0 saturated carbocycles. The van der Waals surface area contributed by atoms with E-state index in [1.54, 1.807) is 24.3 Å². The topological polar surface area (TPSA) is 75.4 Å². The number of hydrogen-bond donors (Lipinski definition) is 2. The van der Waals surface area contributed by atoms with E-state index in [0.717, 1.165) is 13.1 Å². The van der Waals surface area contributed by atoms with Gasteiger partial charge >= 0.3 is 0 Å². The van der Waals surface area contributed by atoms with E-state index in [-0.39, 0.29) is 11.9 Å². The molecule has 0 saturated heterocycles. The maximum absolute atomic E-state index is 12.4. The second-order valence-corrected chi connectivity index (χ2v) is 5.80. The van der Waals surface area contributed by atoms with Crippen molar-refractivity contribution in [1.82, 2.24) is 10.2 Å². The van der Waals surface area contributed by atoms with Gasteiger partial charge in [-0.05, 0) is 42.9 Å². The minimum atomic E-state index is -0.502. The standard InChI is InChI=1S/C20H25N3O2/c1-3-23(4-2)18(15-8-6-5-7-9-15)14-22-20(25)17-12-10-16(11-13-17)19(21)24/h5-13,18H,3-4,14H2,1-2H3,(H2,21,24)(H,22,25). The number of carbonyl (C=O) groups is 2. The van der Waals surface area contributed by atoms with Gasteiger partial charge < -0.3 is 11.1 Å². The SMILES string of the molecule is CCN(CC)C(CNC(=O)c1ccc(C(N)=O)cc1)c1ccccc1. The Kier molecular flexibility index (Phi) is 6.71. The molecular weight excluding hydrogens is 314 g/mol. The summed E-state index contributed by atoms with van der Waals surface area (Å²) in [5, 5.41) is 3.00. The second-order valence-electron chi connectivity index (χ2n) is 5.80. The highest BCUT2D eigenvalue weighted by atomic mass is 16.2. The zero-order valence-electron chi connectivity index (χ0n) is 14.7. The molecule has 0 spiro atoms. The van der Waals surface area contributed by atoms with Crippen LogP contribution in [0.4, 0.5) is 0 Å². The Morgan fingerprint density at radius 1 is 0.960 bits per heavy atom. The highest BCUT2D eigenvalue weighted by Crippen LogP contribution is 2.19. The quantitative estimate of drug-likeness (QED) is 0.776. The zero-order valence-corrected chi connectivity index (χ0v) is 14.7. The molecule has 0 aliphatic rings. The molecular formula is C20H25N3O2. The van der Waals surface area contributed by atoms with Crippen molar-refractivity contribution in [2.75, 3.05) is 19.6 Å². The van der Waals surface area contributed by atoms with Crippen LogP contribution in [0, 0.1) is 0 Å². The van der Waals surface area contributed by atoms with Gasteiger partial charge in [0.05, 0.1) is 6.04 Å². The van der Waals surface area contributed by atoms with E-state index in [9.17, 15) is 9.59 Å².